The van der Waals surface area contributed by atoms with Gasteiger partial charge in [-0.05, 0) is 13.8 Å². The summed E-state index contributed by atoms with van der Waals surface area (Å²) in [7, 11) is 3.10. The first kappa shape index (κ1) is 16.5. The third kappa shape index (κ3) is 4.53. The van der Waals surface area contributed by atoms with E-state index in [9.17, 15) is 9.59 Å². The molecule has 0 bridgehead atoms. The van der Waals surface area contributed by atoms with Crippen LogP contribution >= 0.6 is 11.8 Å². The molecule has 0 saturated heterocycles. The molecule has 2 N–H and O–H groups in total. The van der Waals surface area contributed by atoms with Gasteiger partial charge in [-0.2, -0.15) is 0 Å². The van der Waals surface area contributed by atoms with Crippen molar-refractivity contribution in [3.05, 3.63) is 11.4 Å². The van der Waals surface area contributed by atoms with Crippen LogP contribution in [0.15, 0.2) is 5.16 Å². The lowest BCUT2D eigenvalue weighted by molar-refractivity contribution is -0.117. The van der Waals surface area contributed by atoms with Crippen molar-refractivity contribution in [2.24, 2.45) is 0 Å². The first-order chi connectivity index (χ1) is 9.49. The van der Waals surface area contributed by atoms with Gasteiger partial charge in [0.2, 0.25) is 5.91 Å². The molecular weight excluding hydrogens is 280 g/mol. The number of amides is 3. The van der Waals surface area contributed by atoms with Crippen LogP contribution in [0.25, 0.3) is 0 Å². The van der Waals surface area contributed by atoms with E-state index in [2.05, 4.69) is 15.6 Å². The number of urea groups is 1. The second-order valence-electron chi connectivity index (χ2n) is 4.13. The lowest BCUT2D eigenvalue weighted by Gasteiger charge is -2.09. The molecule has 0 unspecified atom stereocenters. The molecule has 0 saturated carbocycles. The lowest BCUT2D eigenvalue weighted by Crippen LogP contribution is -2.38. The molecule has 0 aromatic carbocycles. The van der Waals surface area contributed by atoms with Gasteiger partial charge in [0.1, 0.15) is 0 Å². The summed E-state index contributed by atoms with van der Waals surface area (Å²) in [5.41, 5.74) is 1.98. The van der Waals surface area contributed by atoms with Crippen LogP contribution in [0.1, 0.15) is 11.4 Å². The molecule has 7 nitrogen and oxygen atoms in total. The van der Waals surface area contributed by atoms with Gasteiger partial charge >= 0.3 is 6.03 Å². The Balaban J connectivity index is 2.65. The first-order valence-electron chi connectivity index (χ1n) is 6.16. The number of hydrogen-bond donors (Lipinski definition) is 2. The van der Waals surface area contributed by atoms with Crippen molar-refractivity contribution in [2.75, 3.05) is 26.5 Å². The third-order valence-electron chi connectivity index (χ3n) is 2.75. The summed E-state index contributed by atoms with van der Waals surface area (Å²) in [6.45, 7) is 5.16. The van der Waals surface area contributed by atoms with E-state index < -0.39 is 6.03 Å². The zero-order chi connectivity index (χ0) is 15.1. The SMILES string of the molecule is CNC(=O)NC(=O)CSc1nc(C)c(C)n1CCOC. The molecule has 1 heterocycles. The van der Waals surface area contributed by atoms with E-state index >= 15 is 0 Å². The Bertz CT molecular complexity index is 487. The fourth-order valence-electron chi connectivity index (χ4n) is 1.53. The Labute approximate surface area is 122 Å². The molecule has 0 radical (unpaired) electrons. The van der Waals surface area contributed by atoms with Crippen molar-refractivity contribution >= 4 is 23.7 Å². The Morgan fingerprint density at radius 2 is 2.10 bits per heavy atom. The fraction of sp³-hybridized carbons (Fsp3) is 0.583. The van der Waals surface area contributed by atoms with Crippen molar-refractivity contribution < 1.29 is 14.3 Å². The summed E-state index contributed by atoms with van der Waals surface area (Å²) < 4.78 is 7.08. The number of imidazole rings is 1. The van der Waals surface area contributed by atoms with Gasteiger partial charge in [0.15, 0.2) is 5.16 Å². The summed E-state index contributed by atoms with van der Waals surface area (Å²) in [6, 6.07) is -0.509. The highest BCUT2D eigenvalue weighted by Crippen LogP contribution is 2.20. The average Bonchev–Trinajstić information content (AvgIpc) is 2.69. The summed E-state index contributed by atoms with van der Waals surface area (Å²) in [5.74, 6) is -0.220. The van der Waals surface area contributed by atoms with E-state index in [4.69, 9.17) is 4.74 Å². The van der Waals surface area contributed by atoms with E-state index in [1.165, 1.54) is 18.8 Å². The predicted octanol–water partition coefficient (Wildman–Crippen LogP) is 0.694. The van der Waals surface area contributed by atoms with Crippen LogP contribution in [0.4, 0.5) is 4.79 Å². The van der Waals surface area contributed by atoms with Gasteiger partial charge in [-0.25, -0.2) is 9.78 Å². The summed E-state index contributed by atoms with van der Waals surface area (Å²) in [5, 5.41) is 5.30. The van der Waals surface area contributed by atoms with Crippen molar-refractivity contribution in [3.8, 4) is 0 Å². The molecule has 0 aliphatic carbocycles. The maximum atomic E-state index is 11.5. The molecule has 0 atom stereocenters. The molecular formula is C12H20N4O3S. The number of imide groups is 1. The van der Waals surface area contributed by atoms with Gasteiger partial charge in [-0.15, -0.1) is 0 Å². The maximum Gasteiger partial charge on any atom is 0.321 e. The number of nitrogens with zero attached hydrogens (tertiary/aromatic N) is 2. The summed E-state index contributed by atoms with van der Waals surface area (Å²) in [4.78, 5) is 27.0. The molecule has 3 amide bonds. The van der Waals surface area contributed by atoms with Crippen LogP contribution in [0, 0.1) is 13.8 Å². The zero-order valence-electron chi connectivity index (χ0n) is 12.1. The van der Waals surface area contributed by atoms with Crippen molar-refractivity contribution in [3.63, 3.8) is 0 Å². The smallest absolute Gasteiger partial charge is 0.321 e. The van der Waals surface area contributed by atoms with E-state index in [0.717, 1.165) is 16.5 Å². The van der Waals surface area contributed by atoms with Crippen LogP contribution < -0.4 is 10.6 Å². The van der Waals surface area contributed by atoms with Gasteiger partial charge < -0.3 is 14.6 Å². The van der Waals surface area contributed by atoms with Crippen LogP contribution in [0.3, 0.4) is 0 Å². The van der Waals surface area contributed by atoms with Crippen LogP contribution in [0.2, 0.25) is 0 Å². The van der Waals surface area contributed by atoms with Gasteiger partial charge in [0.25, 0.3) is 0 Å². The quantitative estimate of drug-likeness (QED) is 0.755. The maximum absolute atomic E-state index is 11.5. The Morgan fingerprint density at radius 1 is 1.40 bits per heavy atom. The number of carbonyl (C=O) groups is 2. The molecule has 0 aliphatic heterocycles. The second-order valence-corrected chi connectivity index (χ2v) is 5.07. The Hall–Kier alpha value is -1.54. The number of thioether (sulfide) groups is 1. The van der Waals surface area contributed by atoms with E-state index in [-0.39, 0.29) is 11.7 Å². The largest absolute Gasteiger partial charge is 0.383 e. The molecule has 1 aromatic rings. The van der Waals surface area contributed by atoms with Crippen molar-refractivity contribution in [1.82, 2.24) is 20.2 Å². The molecule has 0 aliphatic rings. The number of hydrogen-bond acceptors (Lipinski definition) is 5. The molecule has 1 aromatic heterocycles. The van der Waals surface area contributed by atoms with Crippen molar-refractivity contribution in [2.45, 2.75) is 25.5 Å². The molecule has 8 heteroatoms. The van der Waals surface area contributed by atoms with Gasteiger partial charge in [0, 0.05) is 26.4 Å². The minimum atomic E-state index is -0.509. The lowest BCUT2D eigenvalue weighted by atomic mass is 10.4. The number of nitrogens with one attached hydrogen (secondary N) is 2. The number of rotatable bonds is 6. The highest BCUT2D eigenvalue weighted by atomic mass is 32.2. The van der Waals surface area contributed by atoms with E-state index in [1.54, 1.807) is 7.11 Å². The molecule has 0 fully saturated rings. The van der Waals surface area contributed by atoms with E-state index in [0.29, 0.717) is 13.2 Å². The van der Waals surface area contributed by atoms with Crippen LogP contribution in [-0.2, 0) is 16.1 Å². The number of aryl methyl sites for hydroxylation is 1. The third-order valence-corrected chi connectivity index (χ3v) is 3.73. The van der Waals surface area contributed by atoms with E-state index in [1.807, 2.05) is 18.4 Å². The normalized spacial score (nSPS) is 10.4. The highest BCUT2D eigenvalue weighted by molar-refractivity contribution is 7.99. The number of carbonyl (C=O) groups excluding carboxylic acids is 2. The van der Waals surface area contributed by atoms with Gasteiger partial charge in [-0.1, -0.05) is 11.8 Å². The van der Waals surface area contributed by atoms with Crippen LogP contribution in [0.5, 0.6) is 0 Å². The highest BCUT2D eigenvalue weighted by Gasteiger charge is 2.14. The standard InChI is InChI=1S/C12H20N4O3S/c1-8-9(2)16(5-6-19-4)12(14-8)20-7-10(17)15-11(18)13-3/h5-7H2,1-4H3,(H2,13,15,17,18). The van der Waals surface area contributed by atoms with Crippen LogP contribution in [-0.4, -0.2) is 48.0 Å². The topological polar surface area (TPSA) is 85.3 Å². The number of aromatic nitrogens is 2. The molecule has 112 valence electrons. The fourth-order valence-corrected chi connectivity index (χ4v) is 2.45. The molecule has 1 rings (SSSR count). The summed E-state index contributed by atoms with van der Waals surface area (Å²) in [6.07, 6.45) is 0. The predicted molar refractivity (Wildman–Crippen MR) is 76.9 cm³/mol. The Morgan fingerprint density at radius 3 is 2.70 bits per heavy atom. The van der Waals surface area contributed by atoms with Crippen molar-refractivity contribution in [1.29, 1.82) is 0 Å². The van der Waals surface area contributed by atoms with Gasteiger partial charge in [-0.3, -0.25) is 10.1 Å². The molecule has 0 spiro atoms. The average molecular weight is 300 g/mol. The minimum absolute atomic E-state index is 0.135. The molecule has 20 heavy (non-hydrogen) atoms. The number of ether oxygens (including phenoxy) is 1. The number of methoxy groups -OCH3 is 1. The summed E-state index contributed by atoms with van der Waals surface area (Å²) >= 11 is 1.30. The first-order valence-corrected chi connectivity index (χ1v) is 7.15. The minimum Gasteiger partial charge on any atom is -0.383 e. The second kappa shape index (κ2) is 7.91. The zero-order valence-corrected chi connectivity index (χ0v) is 13.0. The monoisotopic (exact) mass is 300 g/mol. The van der Waals surface area contributed by atoms with Gasteiger partial charge in [0.05, 0.1) is 18.1 Å². The Kier molecular flexibility index (Phi) is 6.53.